The second kappa shape index (κ2) is 7.91. The lowest BCUT2D eigenvalue weighted by molar-refractivity contribution is -0.137. The number of piperazine rings is 1. The summed E-state index contributed by atoms with van der Waals surface area (Å²) in [6.45, 7) is 1.88. The van der Waals surface area contributed by atoms with Crippen molar-refractivity contribution in [2.75, 3.05) is 33.2 Å². The van der Waals surface area contributed by atoms with Crippen LogP contribution in [-0.2, 0) is 11.0 Å². The SMILES string of the molecule is CN=C(NCC#Cc1cccc(C(F)(F)F)c1)N1CCN(C2CC2)C(=O)C1. The molecule has 0 bridgehead atoms. The summed E-state index contributed by atoms with van der Waals surface area (Å²) in [6, 6.07) is 5.32. The molecule has 27 heavy (non-hydrogen) atoms. The Hall–Kier alpha value is -2.69. The number of amides is 1. The van der Waals surface area contributed by atoms with Gasteiger partial charge in [0.25, 0.3) is 0 Å². The molecule has 1 heterocycles. The molecule has 1 aromatic carbocycles. The summed E-state index contributed by atoms with van der Waals surface area (Å²) in [6.07, 6.45) is -2.21. The van der Waals surface area contributed by atoms with E-state index < -0.39 is 11.7 Å². The number of hydrogen-bond acceptors (Lipinski definition) is 2. The molecule has 0 radical (unpaired) electrons. The molecule has 1 amide bonds. The van der Waals surface area contributed by atoms with Crippen LogP contribution in [0.3, 0.4) is 0 Å². The second-order valence-corrected chi connectivity index (χ2v) is 6.52. The molecule has 5 nitrogen and oxygen atoms in total. The molecule has 0 unspecified atom stereocenters. The van der Waals surface area contributed by atoms with Gasteiger partial charge in [-0.15, -0.1) is 0 Å². The summed E-state index contributed by atoms with van der Waals surface area (Å²) in [5, 5.41) is 3.04. The Bertz CT molecular complexity index is 790. The fraction of sp³-hybridized carbons (Fsp3) is 0.474. The van der Waals surface area contributed by atoms with Gasteiger partial charge in [0.15, 0.2) is 5.96 Å². The average Bonchev–Trinajstić information content (AvgIpc) is 3.46. The van der Waals surface area contributed by atoms with E-state index in [0.29, 0.717) is 30.7 Å². The van der Waals surface area contributed by atoms with Crippen LogP contribution in [0.1, 0.15) is 24.0 Å². The smallest absolute Gasteiger partial charge is 0.345 e. The third-order valence-corrected chi connectivity index (χ3v) is 4.51. The van der Waals surface area contributed by atoms with Crippen LogP contribution in [0.5, 0.6) is 0 Å². The molecule has 3 rings (SSSR count). The van der Waals surface area contributed by atoms with Gasteiger partial charge in [-0.1, -0.05) is 17.9 Å². The number of nitrogens with zero attached hydrogens (tertiary/aromatic N) is 3. The Morgan fingerprint density at radius 1 is 1.33 bits per heavy atom. The number of carbonyl (C=O) groups excluding carboxylic acids is 1. The van der Waals surface area contributed by atoms with Crippen molar-refractivity contribution in [1.29, 1.82) is 0 Å². The molecule has 1 saturated carbocycles. The number of nitrogens with one attached hydrogen (secondary N) is 1. The number of halogens is 3. The highest BCUT2D eigenvalue weighted by atomic mass is 19.4. The van der Waals surface area contributed by atoms with Gasteiger partial charge in [-0.2, -0.15) is 13.2 Å². The van der Waals surface area contributed by atoms with Gasteiger partial charge >= 0.3 is 6.18 Å². The summed E-state index contributed by atoms with van der Waals surface area (Å²) in [4.78, 5) is 20.2. The highest BCUT2D eigenvalue weighted by molar-refractivity contribution is 5.88. The van der Waals surface area contributed by atoms with E-state index in [1.165, 1.54) is 12.1 Å². The van der Waals surface area contributed by atoms with Gasteiger partial charge in [0.2, 0.25) is 5.91 Å². The first kappa shape index (κ1) is 19.1. The van der Waals surface area contributed by atoms with Crippen LogP contribution in [0.4, 0.5) is 13.2 Å². The third kappa shape index (κ3) is 4.94. The van der Waals surface area contributed by atoms with Gasteiger partial charge in [0.05, 0.1) is 18.7 Å². The molecule has 1 aliphatic heterocycles. The van der Waals surface area contributed by atoms with Crippen molar-refractivity contribution in [3.8, 4) is 11.8 Å². The standard InChI is InChI=1S/C19H21F3N4O/c1-23-18(25-10-11-26(16-7-8-16)17(27)13-25)24-9-3-5-14-4-2-6-15(12-14)19(20,21)22/h2,4,6,12,16H,7-11,13H2,1H3,(H,23,24). The van der Waals surface area contributed by atoms with E-state index in [2.05, 4.69) is 22.2 Å². The number of aliphatic imine (C=N–C) groups is 1. The minimum Gasteiger partial charge on any atom is -0.345 e. The maximum absolute atomic E-state index is 12.7. The lowest BCUT2D eigenvalue weighted by atomic mass is 10.1. The number of rotatable bonds is 2. The van der Waals surface area contributed by atoms with Crippen LogP contribution in [0.25, 0.3) is 0 Å². The molecule has 144 valence electrons. The fourth-order valence-electron chi connectivity index (χ4n) is 3.01. The Morgan fingerprint density at radius 3 is 2.74 bits per heavy atom. The lowest BCUT2D eigenvalue weighted by Gasteiger charge is -2.36. The minimum absolute atomic E-state index is 0.0988. The van der Waals surface area contributed by atoms with Crippen molar-refractivity contribution in [3.05, 3.63) is 35.4 Å². The van der Waals surface area contributed by atoms with Gasteiger partial charge in [0, 0.05) is 31.7 Å². The maximum atomic E-state index is 12.7. The molecule has 1 N–H and O–H groups in total. The highest BCUT2D eigenvalue weighted by Crippen LogP contribution is 2.29. The summed E-state index contributed by atoms with van der Waals surface area (Å²) in [5.74, 6) is 6.18. The van der Waals surface area contributed by atoms with E-state index in [1.807, 2.05) is 9.80 Å². The van der Waals surface area contributed by atoms with Crippen molar-refractivity contribution < 1.29 is 18.0 Å². The van der Waals surface area contributed by atoms with Crippen LogP contribution in [0.2, 0.25) is 0 Å². The van der Waals surface area contributed by atoms with Crippen LogP contribution in [-0.4, -0.2) is 60.9 Å². The minimum atomic E-state index is -4.38. The molecule has 0 aromatic heterocycles. The zero-order chi connectivity index (χ0) is 19.4. The van der Waals surface area contributed by atoms with Gasteiger partial charge < -0.3 is 15.1 Å². The molecule has 2 fully saturated rings. The van der Waals surface area contributed by atoms with Crippen molar-refractivity contribution >= 4 is 11.9 Å². The van der Waals surface area contributed by atoms with Gasteiger partial charge in [-0.3, -0.25) is 9.79 Å². The van der Waals surface area contributed by atoms with E-state index in [0.717, 1.165) is 25.0 Å². The lowest BCUT2D eigenvalue weighted by Crippen LogP contribution is -2.55. The molecule has 2 aliphatic rings. The fourth-order valence-corrected chi connectivity index (χ4v) is 3.01. The van der Waals surface area contributed by atoms with Crippen molar-refractivity contribution in [3.63, 3.8) is 0 Å². The number of carbonyl (C=O) groups is 1. The Morgan fingerprint density at radius 2 is 2.11 bits per heavy atom. The van der Waals surface area contributed by atoms with E-state index in [1.54, 1.807) is 7.05 Å². The summed E-state index contributed by atoms with van der Waals surface area (Å²) in [7, 11) is 1.63. The number of benzene rings is 1. The van der Waals surface area contributed by atoms with E-state index in [4.69, 9.17) is 0 Å². The third-order valence-electron chi connectivity index (χ3n) is 4.51. The maximum Gasteiger partial charge on any atom is 0.416 e. The second-order valence-electron chi connectivity index (χ2n) is 6.52. The van der Waals surface area contributed by atoms with Crippen molar-refractivity contribution in [2.45, 2.75) is 25.1 Å². The van der Waals surface area contributed by atoms with E-state index in [-0.39, 0.29) is 19.0 Å². The quantitative estimate of drug-likeness (QED) is 0.486. The van der Waals surface area contributed by atoms with Crippen LogP contribution >= 0.6 is 0 Å². The van der Waals surface area contributed by atoms with E-state index >= 15 is 0 Å². The zero-order valence-electron chi connectivity index (χ0n) is 15.0. The monoisotopic (exact) mass is 378 g/mol. The summed E-state index contributed by atoms with van der Waals surface area (Å²) < 4.78 is 38.1. The molecule has 1 aliphatic carbocycles. The van der Waals surface area contributed by atoms with Gasteiger partial charge in [-0.25, -0.2) is 0 Å². The molecular weight excluding hydrogens is 357 g/mol. The summed E-state index contributed by atoms with van der Waals surface area (Å²) >= 11 is 0. The largest absolute Gasteiger partial charge is 0.416 e. The normalized spacial score (nSPS) is 18.2. The van der Waals surface area contributed by atoms with E-state index in [9.17, 15) is 18.0 Å². The molecule has 0 atom stereocenters. The Labute approximate surface area is 156 Å². The molecule has 1 saturated heterocycles. The Kier molecular flexibility index (Phi) is 5.59. The number of alkyl halides is 3. The first-order chi connectivity index (χ1) is 12.9. The van der Waals surface area contributed by atoms with Crippen LogP contribution < -0.4 is 5.32 Å². The predicted molar refractivity (Wildman–Crippen MR) is 96.0 cm³/mol. The predicted octanol–water partition coefficient (Wildman–Crippen LogP) is 1.94. The highest BCUT2D eigenvalue weighted by Gasteiger charge is 2.36. The summed E-state index contributed by atoms with van der Waals surface area (Å²) in [5.41, 5.74) is -0.417. The van der Waals surface area contributed by atoms with Crippen molar-refractivity contribution in [1.82, 2.24) is 15.1 Å². The van der Waals surface area contributed by atoms with Crippen molar-refractivity contribution in [2.24, 2.45) is 4.99 Å². The molecular formula is C19H21F3N4O. The van der Waals surface area contributed by atoms with Gasteiger partial charge in [0.1, 0.15) is 0 Å². The molecule has 8 heteroatoms. The molecule has 1 aromatic rings. The van der Waals surface area contributed by atoms with Crippen LogP contribution in [0, 0.1) is 11.8 Å². The van der Waals surface area contributed by atoms with Crippen LogP contribution in [0.15, 0.2) is 29.3 Å². The Balaban J connectivity index is 1.54. The first-order valence-corrected chi connectivity index (χ1v) is 8.79. The zero-order valence-corrected chi connectivity index (χ0v) is 15.0. The number of hydrogen-bond donors (Lipinski definition) is 1. The average molecular weight is 378 g/mol. The molecule has 0 spiro atoms. The topological polar surface area (TPSA) is 47.9 Å². The van der Waals surface area contributed by atoms with Gasteiger partial charge in [-0.05, 0) is 31.0 Å². The number of guanidine groups is 1. The first-order valence-electron chi connectivity index (χ1n) is 8.79.